The highest BCUT2D eigenvalue weighted by Gasteiger charge is 2.34. The molecule has 2 N–H and O–H groups in total. The molecule has 146 valence electrons. The normalized spacial score (nSPS) is 15.6. The Balaban J connectivity index is 1.49. The van der Waals surface area contributed by atoms with Gasteiger partial charge in [0.15, 0.2) is 5.96 Å². The summed E-state index contributed by atoms with van der Waals surface area (Å²) >= 11 is 0. The zero-order chi connectivity index (χ0) is 19.6. The van der Waals surface area contributed by atoms with Crippen molar-refractivity contribution >= 4 is 23.1 Å². The Morgan fingerprint density at radius 3 is 2.67 bits per heavy atom. The van der Waals surface area contributed by atoms with E-state index in [9.17, 15) is 4.79 Å². The predicted molar refractivity (Wildman–Crippen MR) is 106 cm³/mol. The van der Waals surface area contributed by atoms with E-state index in [0.717, 1.165) is 16.9 Å². The fraction of sp³-hybridized carbons (Fsp3) is 0.526. The number of rotatable bonds is 3. The third-order valence-corrected chi connectivity index (χ3v) is 4.39. The summed E-state index contributed by atoms with van der Waals surface area (Å²) in [6, 6.07) is 8.21. The molecule has 1 fully saturated rings. The number of fused-ring (bicyclic) bond motifs is 1. The molecule has 27 heavy (non-hydrogen) atoms. The molecule has 1 aliphatic rings. The standard InChI is InChI=1S/C19H28N6O2/c1-19(2,3)27-18(26)25-11-13(12-25)22-17(20-4)21-10-16-23-14-8-6-7-9-15(14)24(16)5/h6-9,13H,10-12H2,1-5H3,(H2,20,21,22). The molecule has 0 spiro atoms. The van der Waals surface area contributed by atoms with Gasteiger partial charge in [-0.3, -0.25) is 4.99 Å². The highest BCUT2D eigenvalue weighted by atomic mass is 16.6. The fourth-order valence-electron chi connectivity index (χ4n) is 2.95. The van der Waals surface area contributed by atoms with E-state index in [4.69, 9.17) is 4.74 Å². The maximum Gasteiger partial charge on any atom is 0.410 e. The molecular formula is C19H28N6O2. The first-order chi connectivity index (χ1) is 12.8. The lowest BCUT2D eigenvalue weighted by atomic mass is 10.1. The first-order valence-corrected chi connectivity index (χ1v) is 9.12. The lowest BCUT2D eigenvalue weighted by molar-refractivity contribution is 0.00701. The van der Waals surface area contributed by atoms with Crippen molar-refractivity contribution in [3.8, 4) is 0 Å². The van der Waals surface area contributed by atoms with Gasteiger partial charge in [0, 0.05) is 27.2 Å². The number of carbonyl (C=O) groups excluding carboxylic acids is 1. The number of benzene rings is 1. The molecule has 1 saturated heterocycles. The summed E-state index contributed by atoms with van der Waals surface area (Å²) in [5.41, 5.74) is 1.61. The van der Waals surface area contributed by atoms with Crippen molar-refractivity contribution in [1.29, 1.82) is 0 Å². The first-order valence-electron chi connectivity index (χ1n) is 9.12. The minimum atomic E-state index is -0.473. The van der Waals surface area contributed by atoms with Gasteiger partial charge >= 0.3 is 6.09 Å². The second-order valence-electron chi connectivity index (χ2n) is 7.73. The Hall–Kier alpha value is -2.77. The van der Waals surface area contributed by atoms with Crippen molar-refractivity contribution in [3.05, 3.63) is 30.1 Å². The van der Waals surface area contributed by atoms with E-state index in [0.29, 0.717) is 25.6 Å². The molecule has 8 heteroatoms. The second-order valence-corrected chi connectivity index (χ2v) is 7.73. The number of ether oxygens (including phenoxy) is 1. The molecule has 8 nitrogen and oxygen atoms in total. The summed E-state index contributed by atoms with van der Waals surface area (Å²) in [5.74, 6) is 1.62. The Kier molecular flexibility index (Phi) is 5.25. The third-order valence-electron chi connectivity index (χ3n) is 4.39. The number of aromatic nitrogens is 2. The number of carbonyl (C=O) groups is 1. The monoisotopic (exact) mass is 372 g/mol. The molecule has 0 saturated carbocycles. The number of guanidine groups is 1. The Morgan fingerprint density at radius 1 is 1.33 bits per heavy atom. The van der Waals surface area contributed by atoms with Crippen LogP contribution in [0, 0.1) is 0 Å². The van der Waals surface area contributed by atoms with Gasteiger partial charge in [-0.15, -0.1) is 0 Å². The molecule has 0 aliphatic carbocycles. The number of hydrogen-bond acceptors (Lipinski definition) is 4. The van der Waals surface area contributed by atoms with Gasteiger partial charge < -0.3 is 24.8 Å². The van der Waals surface area contributed by atoms with Crippen LogP contribution in [0.1, 0.15) is 26.6 Å². The largest absolute Gasteiger partial charge is 0.444 e. The smallest absolute Gasteiger partial charge is 0.410 e. The molecule has 2 heterocycles. The van der Waals surface area contributed by atoms with E-state index in [2.05, 4.69) is 31.2 Å². The number of imidazole rings is 1. The van der Waals surface area contributed by atoms with E-state index in [1.54, 1.807) is 11.9 Å². The summed E-state index contributed by atoms with van der Waals surface area (Å²) < 4.78 is 7.44. The number of para-hydroxylation sites is 2. The van der Waals surface area contributed by atoms with Crippen LogP contribution in [0.2, 0.25) is 0 Å². The average Bonchev–Trinajstić information content (AvgIpc) is 2.88. The van der Waals surface area contributed by atoms with Crippen molar-refractivity contribution in [3.63, 3.8) is 0 Å². The number of likely N-dealkylation sites (tertiary alicyclic amines) is 1. The summed E-state index contributed by atoms with van der Waals surface area (Å²) in [6.45, 7) is 7.37. The Bertz CT molecular complexity index is 845. The van der Waals surface area contributed by atoms with Crippen molar-refractivity contribution < 1.29 is 9.53 Å². The lowest BCUT2D eigenvalue weighted by Gasteiger charge is -2.40. The lowest BCUT2D eigenvalue weighted by Crippen LogP contribution is -2.63. The molecule has 2 aromatic rings. The van der Waals surface area contributed by atoms with Gasteiger partial charge in [0.05, 0.1) is 23.6 Å². The van der Waals surface area contributed by atoms with E-state index < -0.39 is 5.60 Å². The van der Waals surface area contributed by atoms with E-state index in [1.807, 2.05) is 46.0 Å². The van der Waals surface area contributed by atoms with E-state index >= 15 is 0 Å². The Labute approximate surface area is 159 Å². The average molecular weight is 372 g/mol. The highest BCUT2D eigenvalue weighted by molar-refractivity contribution is 5.81. The van der Waals surface area contributed by atoms with E-state index in [1.165, 1.54) is 0 Å². The van der Waals surface area contributed by atoms with Gasteiger partial charge in [-0.1, -0.05) is 12.1 Å². The summed E-state index contributed by atoms with van der Waals surface area (Å²) in [5, 5.41) is 6.62. The molecule has 0 bridgehead atoms. The SMILES string of the molecule is CN=C(NCc1nc2ccccc2n1C)NC1CN(C(=O)OC(C)(C)C)C1. The summed E-state index contributed by atoms with van der Waals surface area (Å²) in [6.07, 6.45) is -0.275. The van der Waals surface area contributed by atoms with Gasteiger partial charge in [-0.25, -0.2) is 9.78 Å². The van der Waals surface area contributed by atoms with Gasteiger partial charge in [-0.2, -0.15) is 0 Å². The summed E-state index contributed by atoms with van der Waals surface area (Å²) in [4.78, 5) is 22.6. The van der Waals surface area contributed by atoms with Crippen LogP contribution in [0.3, 0.4) is 0 Å². The van der Waals surface area contributed by atoms with Crippen LogP contribution in [-0.4, -0.2) is 58.3 Å². The highest BCUT2D eigenvalue weighted by Crippen LogP contribution is 2.16. The zero-order valence-corrected chi connectivity index (χ0v) is 16.6. The van der Waals surface area contributed by atoms with Crippen LogP contribution < -0.4 is 10.6 Å². The summed E-state index contributed by atoms with van der Waals surface area (Å²) in [7, 11) is 3.74. The van der Waals surface area contributed by atoms with Crippen LogP contribution in [0.5, 0.6) is 0 Å². The van der Waals surface area contributed by atoms with Crippen LogP contribution in [0.4, 0.5) is 4.79 Å². The first kappa shape index (κ1) is 19.0. The van der Waals surface area contributed by atoms with Crippen LogP contribution >= 0.6 is 0 Å². The topological polar surface area (TPSA) is 83.8 Å². The van der Waals surface area contributed by atoms with Gasteiger partial charge in [0.1, 0.15) is 11.4 Å². The zero-order valence-electron chi connectivity index (χ0n) is 16.6. The van der Waals surface area contributed by atoms with Crippen molar-refractivity contribution in [2.75, 3.05) is 20.1 Å². The quantitative estimate of drug-likeness (QED) is 0.635. The van der Waals surface area contributed by atoms with Gasteiger partial charge in [-0.05, 0) is 32.9 Å². The van der Waals surface area contributed by atoms with Crippen molar-refractivity contribution in [2.24, 2.45) is 12.0 Å². The number of amides is 1. The molecule has 0 unspecified atom stereocenters. The van der Waals surface area contributed by atoms with Crippen LogP contribution in [0.25, 0.3) is 11.0 Å². The number of aryl methyl sites for hydroxylation is 1. The second kappa shape index (κ2) is 7.46. The number of nitrogens with one attached hydrogen (secondary N) is 2. The van der Waals surface area contributed by atoms with Crippen molar-refractivity contribution in [2.45, 2.75) is 39.0 Å². The molecule has 3 rings (SSSR count). The van der Waals surface area contributed by atoms with E-state index in [-0.39, 0.29) is 12.1 Å². The molecule has 1 aromatic carbocycles. The predicted octanol–water partition coefficient (Wildman–Crippen LogP) is 1.86. The third kappa shape index (κ3) is 4.50. The minimum Gasteiger partial charge on any atom is -0.444 e. The molecule has 0 atom stereocenters. The number of nitrogens with zero attached hydrogens (tertiary/aromatic N) is 4. The fourth-order valence-corrected chi connectivity index (χ4v) is 2.95. The van der Waals surface area contributed by atoms with Crippen LogP contribution in [0.15, 0.2) is 29.3 Å². The molecule has 1 aliphatic heterocycles. The van der Waals surface area contributed by atoms with Gasteiger partial charge in [0.25, 0.3) is 0 Å². The number of aliphatic imine (C=N–C) groups is 1. The van der Waals surface area contributed by atoms with Crippen LogP contribution in [-0.2, 0) is 18.3 Å². The maximum atomic E-state index is 12.0. The molecule has 1 amide bonds. The minimum absolute atomic E-state index is 0.157. The molecule has 0 radical (unpaired) electrons. The molecular weight excluding hydrogens is 344 g/mol. The molecule has 1 aromatic heterocycles. The number of hydrogen-bond donors (Lipinski definition) is 2. The Morgan fingerprint density at radius 2 is 2.04 bits per heavy atom. The van der Waals surface area contributed by atoms with Gasteiger partial charge in [0.2, 0.25) is 0 Å². The van der Waals surface area contributed by atoms with Crippen molar-refractivity contribution in [1.82, 2.24) is 25.1 Å². The maximum absolute atomic E-state index is 12.0.